The highest BCUT2D eigenvalue weighted by Crippen LogP contribution is 2.25. The molecule has 0 unspecified atom stereocenters. The van der Waals surface area contributed by atoms with Gasteiger partial charge >= 0.3 is 0 Å². The van der Waals surface area contributed by atoms with Crippen LogP contribution in [0.1, 0.15) is 15.9 Å². The highest BCUT2D eigenvalue weighted by Gasteiger charge is 2.16. The minimum absolute atomic E-state index is 0.0681. The number of methoxy groups -OCH3 is 1. The zero-order valence-electron chi connectivity index (χ0n) is 12.3. The molecule has 5 heteroatoms. The summed E-state index contributed by atoms with van der Waals surface area (Å²) in [5.74, 6) is -0.0522. The van der Waals surface area contributed by atoms with E-state index in [1.54, 1.807) is 6.08 Å². The van der Waals surface area contributed by atoms with E-state index in [4.69, 9.17) is 4.74 Å². The lowest BCUT2D eigenvalue weighted by atomic mass is 10.1. The Kier molecular flexibility index (Phi) is 4.78. The minimum atomic E-state index is -3.40. The Labute approximate surface area is 130 Å². The van der Waals surface area contributed by atoms with Crippen molar-refractivity contribution in [2.24, 2.45) is 0 Å². The number of ether oxygens (including phenoxy) is 1. The van der Waals surface area contributed by atoms with E-state index in [2.05, 4.69) is 0 Å². The Morgan fingerprint density at radius 1 is 1.09 bits per heavy atom. The van der Waals surface area contributed by atoms with Gasteiger partial charge < -0.3 is 4.74 Å². The van der Waals surface area contributed by atoms with Crippen LogP contribution in [0.2, 0.25) is 0 Å². The third-order valence-electron chi connectivity index (χ3n) is 3.07. The summed E-state index contributed by atoms with van der Waals surface area (Å²) in [5, 5.41) is 0. The molecule has 0 heterocycles. The van der Waals surface area contributed by atoms with E-state index in [-0.39, 0.29) is 16.4 Å². The SMILES string of the molecule is COc1cc(C(=O)/C=C/c2ccccc2)ccc1S(C)(=O)=O. The van der Waals surface area contributed by atoms with Crippen LogP contribution in [-0.2, 0) is 9.84 Å². The molecular formula is C17H16O4S. The Bertz CT molecular complexity index is 806. The number of carbonyl (C=O) groups excluding carboxylic acids is 1. The predicted octanol–water partition coefficient (Wildman–Crippen LogP) is 2.99. The van der Waals surface area contributed by atoms with Crippen LogP contribution in [0.3, 0.4) is 0 Å². The van der Waals surface area contributed by atoms with Gasteiger partial charge in [-0.25, -0.2) is 8.42 Å². The third-order valence-corrected chi connectivity index (χ3v) is 4.21. The summed E-state index contributed by atoms with van der Waals surface area (Å²) in [5.41, 5.74) is 1.28. The highest BCUT2D eigenvalue weighted by atomic mass is 32.2. The molecule has 2 aromatic carbocycles. The van der Waals surface area contributed by atoms with Crippen molar-refractivity contribution in [3.8, 4) is 5.75 Å². The van der Waals surface area contributed by atoms with E-state index >= 15 is 0 Å². The molecule has 0 aliphatic rings. The van der Waals surface area contributed by atoms with Gasteiger partial charge in [-0.1, -0.05) is 36.4 Å². The molecule has 4 nitrogen and oxygen atoms in total. The first-order chi connectivity index (χ1) is 10.4. The van der Waals surface area contributed by atoms with Gasteiger partial charge in [-0.2, -0.15) is 0 Å². The van der Waals surface area contributed by atoms with Crippen molar-refractivity contribution in [3.05, 3.63) is 65.7 Å². The van der Waals surface area contributed by atoms with E-state index in [0.717, 1.165) is 11.8 Å². The normalized spacial score (nSPS) is 11.5. The molecule has 0 aromatic heterocycles. The van der Waals surface area contributed by atoms with E-state index in [1.165, 1.54) is 31.4 Å². The van der Waals surface area contributed by atoms with Gasteiger partial charge in [-0.15, -0.1) is 0 Å². The van der Waals surface area contributed by atoms with Gasteiger partial charge in [0.1, 0.15) is 10.6 Å². The van der Waals surface area contributed by atoms with Crippen molar-refractivity contribution < 1.29 is 17.9 Å². The Balaban J connectivity index is 2.30. The van der Waals surface area contributed by atoms with Gasteiger partial charge in [0, 0.05) is 11.8 Å². The minimum Gasteiger partial charge on any atom is -0.495 e. The quantitative estimate of drug-likeness (QED) is 0.628. The Morgan fingerprint density at radius 3 is 2.36 bits per heavy atom. The van der Waals surface area contributed by atoms with Crippen molar-refractivity contribution in [2.45, 2.75) is 4.90 Å². The summed E-state index contributed by atoms with van der Waals surface area (Å²) in [6, 6.07) is 13.7. The molecule has 2 rings (SSSR count). The molecule has 0 saturated carbocycles. The lowest BCUT2D eigenvalue weighted by Crippen LogP contribution is -2.03. The smallest absolute Gasteiger partial charge is 0.185 e. The van der Waals surface area contributed by atoms with Gasteiger partial charge in [0.25, 0.3) is 0 Å². The molecular weight excluding hydrogens is 300 g/mol. The van der Waals surface area contributed by atoms with Crippen molar-refractivity contribution in [1.82, 2.24) is 0 Å². The summed E-state index contributed by atoms with van der Waals surface area (Å²) in [7, 11) is -2.02. The maximum absolute atomic E-state index is 12.2. The number of hydrogen-bond acceptors (Lipinski definition) is 4. The van der Waals surface area contributed by atoms with Crippen molar-refractivity contribution in [2.75, 3.05) is 13.4 Å². The average molecular weight is 316 g/mol. The van der Waals surface area contributed by atoms with Crippen LogP contribution >= 0.6 is 0 Å². The molecule has 0 radical (unpaired) electrons. The predicted molar refractivity (Wildman–Crippen MR) is 85.9 cm³/mol. The van der Waals surface area contributed by atoms with Crippen molar-refractivity contribution in [1.29, 1.82) is 0 Å². The lowest BCUT2D eigenvalue weighted by molar-refractivity contribution is 0.104. The van der Waals surface area contributed by atoms with Crippen LogP contribution < -0.4 is 4.74 Å². The molecule has 0 bridgehead atoms. The van der Waals surface area contributed by atoms with E-state index < -0.39 is 9.84 Å². The number of ketones is 1. The molecule has 0 amide bonds. The first kappa shape index (κ1) is 16.0. The third kappa shape index (κ3) is 3.83. The summed E-state index contributed by atoms with van der Waals surface area (Å²) in [6.45, 7) is 0. The summed E-state index contributed by atoms with van der Waals surface area (Å²) in [6.07, 6.45) is 4.26. The molecule has 0 fully saturated rings. The number of benzene rings is 2. The van der Waals surface area contributed by atoms with Gasteiger partial charge in [-0.3, -0.25) is 4.79 Å². The fourth-order valence-electron chi connectivity index (χ4n) is 1.96. The van der Waals surface area contributed by atoms with E-state index in [1.807, 2.05) is 30.3 Å². The summed E-state index contributed by atoms with van der Waals surface area (Å²) < 4.78 is 28.3. The molecule has 2 aromatic rings. The zero-order valence-corrected chi connectivity index (χ0v) is 13.1. The van der Waals surface area contributed by atoms with Crippen molar-refractivity contribution in [3.63, 3.8) is 0 Å². The zero-order chi connectivity index (χ0) is 16.2. The average Bonchev–Trinajstić information content (AvgIpc) is 2.52. The molecule has 22 heavy (non-hydrogen) atoms. The first-order valence-corrected chi connectivity index (χ1v) is 8.46. The molecule has 0 aliphatic heterocycles. The van der Waals surface area contributed by atoms with Crippen LogP contribution in [0.5, 0.6) is 5.75 Å². The Morgan fingerprint density at radius 2 is 1.77 bits per heavy atom. The molecule has 0 saturated heterocycles. The van der Waals surface area contributed by atoms with Gasteiger partial charge in [0.2, 0.25) is 0 Å². The fraction of sp³-hybridized carbons (Fsp3) is 0.118. The molecule has 0 aliphatic carbocycles. The largest absolute Gasteiger partial charge is 0.495 e. The van der Waals surface area contributed by atoms with Gasteiger partial charge in [0.05, 0.1) is 7.11 Å². The maximum atomic E-state index is 12.2. The van der Waals surface area contributed by atoms with E-state index in [0.29, 0.717) is 5.56 Å². The van der Waals surface area contributed by atoms with Crippen LogP contribution in [0, 0.1) is 0 Å². The second-order valence-electron chi connectivity index (χ2n) is 4.75. The topological polar surface area (TPSA) is 60.4 Å². The van der Waals surface area contributed by atoms with Crippen LogP contribution in [0.15, 0.2) is 59.5 Å². The van der Waals surface area contributed by atoms with Crippen LogP contribution in [0.25, 0.3) is 6.08 Å². The monoisotopic (exact) mass is 316 g/mol. The molecule has 0 atom stereocenters. The van der Waals surface area contributed by atoms with E-state index in [9.17, 15) is 13.2 Å². The highest BCUT2D eigenvalue weighted by molar-refractivity contribution is 7.90. The van der Waals surface area contributed by atoms with Crippen LogP contribution in [0.4, 0.5) is 0 Å². The number of hydrogen-bond donors (Lipinski definition) is 0. The van der Waals surface area contributed by atoms with Gasteiger partial charge in [-0.05, 0) is 29.8 Å². The summed E-state index contributed by atoms with van der Waals surface area (Å²) in [4.78, 5) is 12.2. The van der Waals surface area contributed by atoms with Gasteiger partial charge in [0.15, 0.2) is 15.6 Å². The van der Waals surface area contributed by atoms with Crippen molar-refractivity contribution >= 4 is 21.7 Å². The summed E-state index contributed by atoms with van der Waals surface area (Å²) >= 11 is 0. The first-order valence-electron chi connectivity index (χ1n) is 6.57. The molecule has 114 valence electrons. The fourth-order valence-corrected chi connectivity index (χ4v) is 2.78. The standard InChI is InChI=1S/C17H16O4S/c1-21-16-12-14(9-11-17(16)22(2,19)20)15(18)10-8-13-6-4-3-5-7-13/h3-12H,1-2H3/b10-8+. The van der Waals surface area contributed by atoms with Crippen LogP contribution in [-0.4, -0.2) is 27.6 Å². The number of sulfone groups is 1. The maximum Gasteiger partial charge on any atom is 0.185 e. The lowest BCUT2D eigenvalue weighted by Gasteiger charge is -2.07. The molecule has 0 N–H and O–H groups in total. The Hall–Kier alpha value is -2.40. The number of carbonyl (C=O) groups is 1. The number of rotatable bonds is 5. The second-order valence-corrected chi connectivity index (χ2v) is 6.73. The second kappa shape index (κ2) is 6.58. The number of allylic oxidation sites excluding steroid dienone is 1. The molecule has 0 spiro atoms.